The molecule has 2 N–H and O–H groups in total. The number of nitrogen functional groups attached to an aromatic ring is 1. The number of nitrogens with two attached hydrogens (primary N) is 1. The van der Waals surface area contributed by atoms with Crippen LogP contribution >= 0.6 is 11.8 Å². The molecule has 0 amide bonds. The Morgan fingerprint density at radius 1 is 0.833 bits per heavy atom. The van der Waals surface area contributed by atoms with Crippen molar-refractivity contribution in [2.45, 2.75) is 10.6 Å². The van der Waals surface area contributed by atoms with E-state index in [2.05, 4.69) is 12.1 Å². The highest BCUT2D eigenvalue weighted by Crippen LogP contribution is 2.35. The summed E-state index contributed by atoms with van der Waals surface area (Å²) >= 11 is 1.75. The molecule has 0 heterocycles. The van der Waals surface area contributed by atoms with Crippen molar-refractivity contribution in [1.82, 2.24) is 0 Å². The number of para-hydroxylation sites is 2. The van der Waals surface area contributed by atoms with Crippen molar-refractivity contribution in [2.75, 3.05) is 12.8 Å². The van der Waals surface area contributed by atoms with E-state index in [0.717, 1.165) is 22.8 Å². The zero-order valence-electron chi connectivity index (χ0n) is 13.4. The third kappa shape index (κ3) is 4.03. The Hall–Kier alpha value is -2.59. The fourth-order valence-electron chi connectivity index (χ4n) is 2.31. The first kappa shape index (κ1) is 16.3. The van der Waals surface area contributed by atoms with Gasteiger partial charge in [0.15, 0.2) is 11.5 Å². The van der Waals surface area contributed by atoms with Gasteiger partial charge in [-0.1, -0.05) is 30.3 Å². The molecule has 0 radical (unpaired) electrons. The molecule has 0 aliphatic carbocycles. The first-order valence-corrected chi connectivity index (χ1v) is 8.62. The molecule has 0 atom stereocenters. The van der Waals surface area contributed by atoms with Crippen molar-refractivity contribution >= 4 is 17.4 Å². The number of hydrogen-bond donors (Lipinski definition) is 1. The van der Waals surface area contributed by atoms with Crippen LogP contribution in [0.1, 0.15) is 5.56 Å². The Morgan fingerprint density at radius 2 is 1.54 bits per heavy atom. The topological polar surface area (TPSA) is 44.5 Å². The highest BCUT2D eigenvalue weighted by atomic mass is 32.2. The number of thioether (sulfide) groups is 1. The van der Waals surface area contributed by atoms with Crippen LogP contribution in [0.15, 0.2) is 77.7 Å². The molecule has 0 unspecified atom stereocenters. The van der Waals surface area contributed by atoms with Crippen LogP contribution in [-0.2, 0) is 5.75 Å². The molecule has 3 nitrogen and oxygen atoms in total. The smallest absolute Gasteiger partial charge is 0.169 e. The van der Waals surface area contributed by atoms with Crippen LogP contribution in [0.3, 0.4) is 0 Å². The highest BCUT2D eigenvalue weighted by molar-refractivity contribution is 7.98. The molecule has 0 fully saturated rings. The third-order valence-corrected chi connectivity index (χ3v) is 4.57. The molecule has 24 heavy (non-hydrogen) atoms. The summed E-state index contributed by atoms with van der Waals surface area (Å²) in [6.45, 7) is 0. The maximum absolute atomic E-state index is 6.08. The van der Waals surface area contributed by atoms with Gasteiger partial charge in [-0.15, -0.1) is 11.8 Å². The van der Waals surface area contributed by atoms with Gasteiger partial charge < -0.3 is 15.2 Å². The minimum atomic E-state index is 0.690. The van der Waals surface area contributed by atoms with Gasteiger partial charge in [0.25, 0.3) is 0 Å². The average Bonchev–Trinajstić information content (AvgIpc) is 2.63. The second-order valence-electron chi connectivity index (χ2n) is 5.22. The molecule has 3 rings (SSSR count). The summed E-state index contributed by atoms with van der Waals surface area (Å²) in [7, 11) is 1.64. The van der Waals surface area contributed by atoms with Crippen LogP contribution in [0.5, 0.6) is 17.2 Å². The molecule has 0 aliphatic rings. The van der Waals surface area contributed by atoms with Gasteiger partial charge in [0.2, 0.25) is 0 Å². The van der Waals surface area contributed by atoms with E-state index in [1.54, 1.807) is 18.9 Å². The molecule has 4 heteroatoms. The van der Waals surface area contributed by atoms with E-state index in [1.807, 2.05) is 60.7 Å². The summed E-state index contributed by atoms with van der Waals surface area (Å²) in [5.41, 5.74) is 7.73. The molecule has 0 aromatic heterocycles. The molecule has 0 saturated carbocycles. The van der Waals surface area contributed by atoms with Gasteiger partial charge in [-0.2, -0.15) is 0 Å². The SMILES string of the molecule is COc1ccccc1Oc1ccc(N)cc1CSc1ccccc1. The minimum Gasteiger partial charge on any atom is -0.493 e. The molecule has 0 bridgehead atoms. The zero-order chi connectivity index (χ0) is 16.8. The quantitative estimate of drug-likeness (QED) is 0.485. The Labute approximate surface area is 146 Å². The van der Waals surface area contributed by atoms with Gasteiger partial charge in [0, 0.05) is 21.9 Å². The van der Waals surface area contributed by atoms with Crippen LogP contribution in [-0.4, -0.2) is 7.11 Å². The molecule has 0 spiro atoms. The maximum Gasteiger partial charge on any atom is 0.169 e. The lowest BCUT2D eigenvalue weighted by Crippen LogP contribution is -1.95. The van der Waals surface area contributed by atoms with Crippen molar-refractivity contribution in [2.24, 2.45) is 0 Å². The van der Waals surface area contributed by atoms with Gasteiger partial charge in [0.05, 0.1) is 7.11 Å². The van der Waals surface area contributed by atoms with E-state index >= 15 is 0 Å². The summed E-state index contributed by atoms with van der Waals surface area (Å²) < 4.78 is 11.4. The van der Waals surface area contributed by atoms with Crippen LogP contribution < -0.4 is 15.2 Å². The monoisotopic (exact) mass is 337 g/mol. The van der Waals surface area contributed by atoms with E-state index in [1.165, 1.54) is 4.90 Å². The van der Waals surface area contributed by atoms with Crippen LogP contribution in [0, 0.1) is 0 Å². The molecule has 122 valence electrons. The number of benzene rings is 3. The summed E-state index contributed by atoms with van der Waals surface area (Å²) in [5.74, 6) is 2.96. The van der Waals surface area contributed by atoms with Gasteiger partial charge in [-0.05, 0) is 42.5 Å². The predicted octanol–water partition coefficient (Wildman–Crippen LogP) is 5.36. The van der Waals surface area contributed by atoms with E-state index in [0.29, 0.717) is 11.5 Å². The van der Waals surface area contributed by atoms with Crippen molar-refractivity contribution in [3.05, 3.63) is 78.4 Å². The Balaban J connectivity index is 1.83. The zero-order valence-corrected chi connectivity index (χ0v) is 14.3. The Morgan fingerprint density at radius 3 is 2.29 bits per heavy atom. The molecule has 3 aromatic rings. The first-order valence-electron chi connectivity index (χ1n) is 7.63. The number of rotatable bonds is 6. The number of hydrogen-bond acceptors (Lipinski definition) is 4. The second-order valence-corrected chi connectivity index (χ2v) is 6.27. The predicted molar refractivity (Wildman–Crippen MR) is 99.9 cm³/mol. The number of anilines is 1. The van der Waals surface area contributed by atoms with E-state index in [4.69, 9.17) is 15.2 Å². The Kier molecular flexibility index (Phi) is 5.29. The number of ether oxygens (including phenoxy) is 2. The fourth-order valence-corrected chi connectivity index (χ4v) is 3.21. The lowest BCUT2D eigenvalue weighted by Gasteiger charge is -2.14. The average molecular weight is 337 g/mol. The van der Waals surface area contributed by atoms with Gasteiger partial charge >= 0.3 is 0 Å². The van der Waals surface area contributed by atoms with Crippen molar-refractivity contribution in [3.63, 3.8) is 0 Å². The van der Waals surface area contributed by atoms with E-state index < -0.39 is 0 Å². The molecular weight excluding hydrogens is 318 g/mol. The third-order valence-electron chi connectivity index (χ3n) is 3.51. The maximum atomic E-state index is 6.08. The van der Waals surface area contributed by atoms with Crippen molar-refractivity contribution in [1.29, 1.82) is 0 Å². The van der Waals surface area contributed by atoms with Gasteiger partial charge in [-0.3, -0.25) is 0 Å². The van der Waals surface area contributed by atoms with Crippen LogP contribution in [0.4, 0.5) is 5.69 Å². The standard InChI is InChI=1S/C20H19NO2S/c1-22-19-9-5-6-10-20(19)23-18-12-11-16(21)13-15(18)14-24-17-7-3-2-4-8-17/h2-13H,14,21H2,1H3. The van der Waals surface area contributed by atoms with Crippen LogP contribution in [0.25, 0.3) is 0 Å². The summed E-state index contributed by atoms with van der Waals surface area (Å²) in [6.07, 6.45) is 0. The lowest BCUT2D eigenvalue weighted by atomic mass is 10.2. The summed E-state index contributed by atoms with van der Waals surface area (Å²) in [5, 5.41) is 0. The lowest BCUT2D eigenvalue weighted by molar-refractivity contribution is 0.378. The van der Waals surface area contributed by atoms with Crippen LogP contribution in [0.2, 0.25) is 0 Å². The van der Waals surface area contributed by atoms with Gasteiger partial charge in [0.1, 0.15) is 5.75 Å². The van der Waals surface area contributed by atoms with Gasteiger partial charge in [-0.25, -0.2) is 0 Å². The Bertz CT molecular complexity index is 806. The van der Waals surface area contributed by atoms with Crippen molar-refractivity contribution < 1.29 is 9.47 Å². The largest absolute Gasteiger partial charge is 0.493 e. The van der Waals surface area contributed by atoms with E-state index in [-0.39, 0.29) is 0 Å². The highest BCUT2D eigenvalue weighted by Gasteiger charge is 2.10. The molecule has 0 saturated heterocycles. The second kappa shape index (κ2) is 7.79. The number of methoxy groups -OCH3 is 1. The summed E-state index contributed by atoms with van der Waals surface area (Å²) in [6, 6.07) is 23.6. The minimum absolute atomic E-state index is 0.690. The molecule has 3 aromatic carbocycles. The summed E-state index contributed by atoms with van der Waals surface area (Å²) in [4.78, 5) is 1.21. The van der Waals surface area contributed by atoms with E-state index in [9.17, 15) is 0 Å². The fraction of sp³-hybridized carbons (Fsp3) is 0.100. The van der Waals surface area contributed by atoms with Crippen molar-refractivity contribution in [3.8, 4) is 17.2 Å². The first-order chi connectivity index (χ1) is 11.8. The molecule has 0 aliphatic heterocycles. The molecular formula is C20H19NO2S. The normalized spacial score (nSPS) is 10.4.